The fraction of sp³-hybridized carbons (Fsp3) is 1.00. The van der Waals surface area contributed by atoms with Gasteiger partial charge < -0.3 is 0 Å². The molecular formula is C2H6Si8. The zero-order valence-electron chi connectivity index (χ0n) is 6.00. The maximum atomic E-state index is 3.73. The first-order chi connectivity index (χ1) is 4.74. The predicted molar refractivity (Wildman–Crippen MR) is 57.8 cm³/mol. The SMILES string of the molecule is C[Si][Si]([Si]C)([Si][Si])[Si][Si][Si]. The molecule has 0 aliphatic heterocycles. The quantitative estimate of drug-likeness (QED) is 0.504. The van der Waals surface area contributed by atoms with E-state index >= 15 is 0 Å². The van der Waals surface area contributed by atoms with E-state index in [-0.39, 0.29) is 0 Å². The summed E-state index contributed by atoms with van der Waals surface area (Å²) in [6.07, 6.45) is -0.729. The van der Waals surface area contributed by atoms with Crippen molar-refractivity contribution in [2.45, 2.75) is 13.1 Å². The van der Waals surface area contributed by atoms with Crippen molar-refractivity contribution < 1.29 is 0 Å². The van der Waals surface area contributed by atoms with Crippen LogP contribution in [0, 0.1) is 0 Å². The third-order valence-electron chi connectivity index (χ3n) is 1.19. The van der Waals surface area contributed by atoms with Crippen LogP contribution < -0.4 is 0 Å². The van der Waals surface area contributed by atoms with E-state index in [0.717, 1.165) is 17.1 Å². The molecule has 0 rings (SSSR count). The summed E-state index contributed by atoms with van der Waals surface area (Å²) in [6, 6.07) is 0. The molecule has 0 aliphatic rings. The Kier molecular flexibility index (Phi) is 7.36. The van der Waals surface area contributed by atoms with Crippen molar-refractivity contribution in [3.05, 3.63) is 0 Å². The number of rotatable bonds is 5. The summed E-state index contributed by atoms with van der Waals surface area (Å²) in [5, 5.41) is 0. The van der Waals surface area contributed by atoms with E-state index in [1.165, 1.54) is 26.6 Å². The lowest BCUT2D eigenvalue weighted by atomic mass is 11.9. The Hall–Kier alpha value is 1.74. The van der Waals surface area contributed by atoms with E-state index < -0.39 is 6.14 Å². The molecule has 46 valence electrons. The lowest BCUT2D eigenvalue weighted by Gasteiger charge is -2.25. The van der Waals surface area contributed by atoms with Gasteiger partial charge in [-0.1, -0.05) is 13.1 Å². The monoisotopic (exact) mass is 254 g/mol. The summed E-state index contributed by atoms with van der Waals surface area (Å²) in [6.45, 7) is 4.77. The standard InChI is InChI=1S/C2H6Si8/c1-5-10(6-2,8-4)9-7-3/h1-2H3. The molecule has 0 aromatic carbocycles. The molecule has 0 aromatic heterocycles. The van der Waals surface area contributed by atoms with Crippen molar-refractivity contribution in [1.82, 2.24) is 0 Å². The highest BCUT2D eigenvalue weighted by Gasteiger charge is 2.26. The summed E-state index contributed by atoms with van der Waals surface area (Å²) < 4.78 is 0. The summed E-state index contributed by atoms with van der Waals surface area (Å²) in [5.41, 5.74) is 0. The van der Waals surface area contributed by atoms with Crippen LogP contribution in [0.3, 0.4) is 0 Å². The molecule has 0 nitrogen and oxygen atoms in total. The molecule has 0 saturated carbocycles. The maximum absolute atomic E-state index is 3.73. The molecule has 0 spiro atoms. The Labute approximate surface area is 82.2 Å². The summed E-state index contributed by atoms with van der Waals surface area (Å²) in [5.74, 6) is 0. The van der Waals surface area contributed by atoms with Gasteiger partial charge in [-0.2, -0.15) is 0 Å². The second kappa shape index (κ2) is 6.27. The maximum Gasteiger partial charge on any atom is 0.0148 e. The summed E-state index contributed by atoms with van der Waals surface area (Å²) >= 11 is 0. The van der Waals surface area contributed by atoms with Crippen molar-refractivity contribution in [2.75, 3.05) is 0 Å². The molecule has 0 aliphatic carbocycles. The number of hydrogen-bond acceptors (Lipinski definition) is 0. The fourth-order valence-electron chi connectivity index (χ4n) is 0.500. The smallest absolute Gasteiger partial charge is 0.0148 e. The highest BCUT2D eigenvalue weighted by atomic mass is 30.3. The topological polar surface area (TPSA) is 0 Å². The van der Waals surface area contributed by atoms with Gasteiger partial charge in [-0.25, -0.2) is 0 Å². The van der Waals surface area contributed by atoms with Gasteiger partial charge in [-0.05, 0) is 0 Å². The van der Waals surface area contributed by atoms with Crippen LogP contribution in [0.15, 0.2) is 0 Å². The van der Waals surface area contributed by atoms with E-state index in [9.17, 15) is 0 Å². The second-order valence-corrected chi connectivity index (χ2v) is 34.9. The largest absolute Gasteiger partial charge is 0.0761 e. The molecule has 8 heteroatoms. The van der Waals surface area contributed by atoms with Crippen LogP contribution in [-0.4, -0.2) is 69.4 Å². The molecule has 0 aromatic rings. The van der Waals surface area contributed by atoms with E-state index in [0.29, 0.717) is 0 Å². The molecule has 0 N–H and O–H groups in total. The zero-order chi connectivity index (χ0) is 8.04. The average Bonchev–Trinajstić information content (AvgIpc) is 2.01. The van der Waals surface area contributed by atoms with Gasteiger partial charge in [0, 0.05) is 69.4 Å². The van der Waals surface area contributed by atoms with Gasteiger partial charge in [0.1, 0.15) is 0 Å². The number of hydrogen-bond donors (Lipinski definition) is 0. The van der Waals surface area contributed by atoms with E-state index in [2.05, 4.69) is 32.6 Å². The third-order valence-corrected chi connectivity index (χ3v) is 55.7. The molecule has 0 unspecified atom stereocenters. The second-order valence-electron chi connectivity index (χ2n) is 1.62. The minimum Gasteiger partial charge on any atom is -0.0761 e. The Morgan fingerprint density at radius 1 is 1.10 bits per heavy atom. The molecular weight excluding hydrogens is 249 g/mol. The van der Waals surface area contributed by atoms with E-state index in [1.807, 2.05) is 0 Å². The first kappa shape index (κ1) is 11.7. The van der Waals surface area contributed by atoms with Crippen LogP contribution >= 0.6 is 0 Å². The van der Waals surface area contributed by atoms with Crippen molar-refractivity contribution in [3.8, 4) is 0 Å². The van der Waals surface area contributed by atoms with Crippen LogP contribution in [0.4, 0.5) is 0 Å². The van der Waals surface area contributed by atoms with Crippen LogP contribution in [0.1, 0.15) is 0 Å². The Bertz CT molecular complexity index is 69.1. The molecule has 0 atom stereocenters. The van der Waals surface area contributed by atoms with Gasteiger partial charge in [-0.15, -0.1) is 0 Å². The van der Waals surface area contributed by atoms with Gasteiger partial charge in [-0.3, -0.25) is 0 Å². The highest BCUT2D eigenvalue weighted by Crippen LogP contribution is 1.91. The van der Waals surface area contributed by atoms with Crippen LogP contribution in [-0.2, 0) is 0 Å². The molecule has 0 bridgehead atoms. The normalized spacial score (nSPS) is 12.0. The molecule has 0 saturated heterocycles. The molecule has 16 radical (unpaired) electrons. The third kappa shape index (κ3) is 3.42. The summed E-state index contributed by atoms with van der Waals surface area (Å²) in [4.78, 5) is 0. The van der Waals surface area contributed by atoms with Crippen LogP contribution in [0.2, 0.25) is 13.1 Å². The predicted octanol–water partition coefficient (Wildman–Crippen LogP) is -1.88. The molecule has 10 heavy (non-hydrogen) atoms. The van der Waals surface area contributed by atoms with Gasteiger partial charge in [0.25, 0.3) is 0 Å². The molecule has 0 amide bonds. The van der Waals surface area contributed by atoms with Gasteiger partial charge >= 0.3 is 0 Å². The van der Waals surface area contributed by atoms with Gasteiger partial charge in [0.2, 0.25) is 0 Å². The summed E-state index contributed by atoms with van der Waals surface area (Å²) in [7, 11) is 13.2. The highest BCUT2D eigenvalue weighted by molar-refractivity contribution is 7.95. The Morgan fingerprint density at radius 3 is 1.70 bits per heavy atom. The van der Waals surface area contributed by atoms with Crippen molar-refractivity contribution in [3.63, 3.8) is 0 Å². The van der Waals surface area contributed by atoms with Crippen molar-refractivity contribution in [2.24, 2.45) is 0 Å². The van der Waals surface area contributed by atoms with E-state index in [4.69, 9.17) is 0 Å². The van der Waals surface area contributed by atoms with E-state index in [1.54, 1.807) is 0 Å². The van der Waals surface area contributed by atoms with Gasteiger partial charge in [0.05, 0.1) is 0 Å². The first-order valence-corrected chi connectivity index (χ1v) is 18.8. The fourth-order valence-corrected chi connectivity index (χ4v) is 54.0. The lowest BCUT2D eigenvalue weighted by Crippen LogP contribution is -2.61. The Morgan fingerprint density at radius 2 is 1.60 bits per heavy atom. The van der Waals surface area contributed by atoms with Crippen LogP contribution in [0.5, 0.6) is 0 Å². The van der Waals surface area contributed by atoms with Crippen molar-refractivity contribution >= 4 is 69.4 Å². The average molecular weight is 255 g/mol. The minimum absolute atomic E-state index is 0.729. The minimum atomic E-state index is -0.729. The van der Waals surface area contributed by atoms with Crippen molar-refractivity contribution in [1.29, 1.82) is 0 Å². The van der Waals surface area contributed by atoms with Gasteiger partial charge in [0.15, 0.2) is 0 Å². The Balaban J connectivity index is 3.87. The first-order valence-electron chi connectivity index (χ1n) is 2.75. The van der Waals surface area contributed by atoms with Crippen LogP contribution in [0.25, 0.3) is 0 Å². The zero-order valence-corrected chi connectivity index (χ0v) is 14.0. The molecule has 0 fully saturated rings. The lowest BCUT2D eigenvalue weighted by molar-refractivity contribution is 2.33. The molecule has 0 heterocycles.